The Morgan fingerprint density at radius 1 is 0.923 bits per heavy atom. The maximum Gasteiger partial charge on any atom is 0.251 e. The Morgan fingerprint density at radius 2 is 1.54 bits per heavy atom. The fourth-order valence-corrected chi connectivity index (χ4v) is 2.50. The van der Waals surface area contributed by atoms with Gasteiger partial charge in [-0.2, -0.15) is 5.26 Å². The SMILES string of the molecule is N#Cc1ccc(-c2ccc(C(=O)NCCCCCC(=O)NO)cc2)cc1. The van der Waals surface area contributed by atoms with E-state index in [0.717, 1.165) is 24.0 Å². The summed E-state index contributed by atoms with van der Waals surface area (Å²) in [5, 5.41) is 20.1. The second-order valence-corrected chi connectivity index (χ2v) is 5.87. The fraction of sp³-hybridized carbons (Fsp3) is 0.250. The van der Waals surface area contributed by atoms with Gasteiger partial charge in [0.25, 0.3) is 5.91 Å². The third-order valence-electron chi connectivity index (χ3n) is 3.99. The lowest BCUT2D eigenvalue weighted by atomic mass is 10.0. The van der Waals surface area contributed by atoms with E-state index < -0.39 is 5.91 Å². The first-order valence-corrected chi connectivity index (χ1v) is 8.46. The van der Waals surface area contributed by atoms with Crippen LogP contribution in [-0.4, -0.2) is 23.6 Å². The Hall–Kier alpha value is -3.17. The van der Waals surface area contributed by atoms with Gasteiger partial charge in [0.2, 0.25) is 5.91 Å². The number of hydrogen-bond acceptors (Lipinski definition) is 4. The number of nitriles is 1. The monoisotopic (exact) mass is 351 g/mol. The molecule has 26 heavy (non-hydrogen) atoms. The minimum atomic E-state index is -0.392. The van der Waals surface area contributed by atoms with Gasteiger partial charge in [0, 0.05) is 18.5 Å². The van der Waals surface area contributed by atoms with E-state index in [4.69, 9.17) is 10.5 Å². The number of hydroxylamine groups is 1. The van der Waals surface area contributed by atoms with Gasteiger partial charge >= 0.3 is 0 Å². The van der Waals surface area contributed by atoms with E-state index in [1.807, 2.05) is 24.3 Å². The Morgan fingerprint density at radius 3 is 2.12 bits per heavy atom. The summed E-state index contributed by atoms with van der Waals surface area (Å²) >= 11 is 0. The lowest BCUT2D eigenvalue weighted by Crippen LogP contribution is -2.24. The average Bonchev–Trinajstić information content (AvgIpc) is 2.70. The van der Waals surface area contributed by atoms with Crippen LogP contribution in [0.15, 0.2) is 48.5 Å². The van der Waals surface area contributed by atoms with Gasteiger partial charge in [-0.1, -0.05) is 30.7 Å². The van der Waals surface area contributed by atoms with Crippen molar-refractivity contribution in [2.45, 2.75) is 25.7 Å². The summed E-state index contributed by atoms with van der Waals surface area (Å²) in [5.41, 5.74) is 4.76. The highest BCUT2D eigenvalue weighted by molar-refractivity contribution is 5.94. The summed E-state index contributed by atoms with van der Waals surface area (Å²) in [6.45, 7) is 0.539. The fourth-order valence-electron chi connectivity index (χ4n) is 2.50. The summed E-state index contributed by atoms with van der Waals surface area (Å²) in [6, 6.07) is 16.7. The van der Waals surface area contributed by atoms with E-state index in [-0.39, 0.29) is 12.3 Å². The van der Waals surface area contributed by atoms with Crippen LogP contribution in [0.2, 0.25) is 0 Å². The van der Waals surface area contributed by atoms with E-state index in [1.165, 1.54) is 0 Å². The molecule has 0 saturated carbocycles. The van der Waals surface area contributed by atoms with E-state index in [1.54, 1.807) is 29.7 Å². The van der Waals surface area contributed by atoms with E-state index >= 15 is 0 Å². The van der Waals surface area contributed by atoms with E-state index in [2.05, 4.69) is 11.4 Å². The molecule has 0 saturated heterocycles. The molecule has 0 unspecified atom stereocenters. The predicted molar refractivity (Wildman–Crippen MR) is 97.3 cm³/mol. The van der Waals surface area contributed by atoms with Crippen molar-refractivity contribution < 1.29 is 14.8 Å². The molecule has 0 atom stereocenters. The molecule has 6 heteroatoms. The first-order chi connectivity index (χ1) is 12.6. The van der Waals surface area contributed by atoms with Crippen LogP contribution >= 0.6 is 0 Å². The first-order valence-electron chi connectivity index (χ1n) is 8.46. The van der Waals surface area contributed by atoms with Crippen LogP contribution in [0.1, 0.15) is 41.6 Å². The zero-order chi connectivity index (χ0) is 18.8. The smallest absolute Gasteiger partial charge is 0.251 e. The molecule has 0 aliphatic carbocycles. The molecule has 2 amide bonds. The molecule has 2 aromatic carbocycles. The Labute approximate surface area is 152 Å². The summed E-state index contributed by atoms with van der Waals surface area (Å²) < 4.78 is 0. The van der Waals surface area contributed by atoms with Crippen molar-refractivity contribution in [3.8, 4) is 17.2 Å². The predicted octanol–water partition coefficient (Wildman–Crippen LogP) is 3.02. The minimum absolute atomic E-state index is 0.135. The number of carbonyl (C=O) groups is 2. The number of rotatable bonds is 8. The van der Waals surface area contributed by atoms with Crippen LogP contribution in [0.4, 0.5) is 0 Å². The van der Waals surface area contributed by atoms with Gasteiger partial charge in [-0.15, -0.1) is 0 Å². The zero-order valence-electron chi connectivity index (χ0n) is 14.4. The van der Waals surface area contributed by atoms with Crippen LogP contribution < -0.4 is 10.8 Å². The highest BCUT2D eigenvalue weighted by Gasteiger charge is 2.06. The van der Waals surface area contributed by atoms with Crippen LogP contribution in [0.3, 0.4) is 0 Å². The molecule has 3 N–H and O–H groups in total. The Bertz CT molecular complexity index is 777. The third-order valence-corrected chi connectivity index (χ3v) is 3.99. The van der Waals surface area contributed by atoms with Crippen LogP contribution in [-0.2, 0) is 4.79 Å². The van der Waals surface area contributed by atoms with Gasteiger partial charge in [0.1, 0.15) is 0 Å². The summed E-state index contributed by atoms with van der Waals surface area (Å²) in [5.74, 6) is -0.527. The molecular formula is C20H21N3O3. The molecule has 0 radical (unpaired) electrons. The maximum absolute atomic E-state index is 12.1. The lowest BCUT2D eigenvalue weighted by Gasteiger charge is -2.07. The first kappa shape index (κ1) is 19.2. The number of carbonyl (C=O) groups excluding carboxylic acids is 2. The largest absolute Gasteiger partial charge is 0.352 e. The van der Waals surface area contributed by atoms with Crippen LogP contribution in [0.5, 0.6) is 0 Å². The number of amides is 2. The molecule has 0 aliphatic rings. The van der Waals surface area contributed by atoms with Crippen molar-refractivity contribution >= 4 is 11.8 Å². The second-order valence-electron chi connectivity index (χ2n) is 5.87. The zero-order valence-corrected chi connectivity index (χ0v) is 14.4. The molecular weight excluding hydrogens is 330 g/mol. The molecule has 2 rings (SSSR count). The number of nitrogens with one attached hydrogen (secondary N) is 2. The molecule has 0 fully saturated rings. The van der Waals surface area contributed by atoms with Gasteiger partial charge in [-0.3, -0.25) is 14.8 Å². The highest BCUT2D eigenvalue weighted by Crippen LogP contribution is 2.20. The normalized spacial score (nSPS) is 10.0. The van der Waals surface area contributed by atoms with Crippen molar-refractivity contribution in [1.29, 1.82) is 5.26 Å². The van der Waals surface area contributed by atoms with Gasteiger partial charge in [0.15, 0.2) is 0 Å². The summed E-state index contributed by atoms with van der Waals surface area (Å²) in [6.07, 6.45) is 2.52. The quantitative estimate of drug-likeness (QED) is 0.386. The standard InChI is InChI=1S/C20H21N3O3/c21-14-15-5-7-16(8-6-15)17-9-11-18(12-10-17)20(25)22-13-3-1-2-4-19(24)23-26/h5-12,26H,1-4,13H2,(H,22,25)(H,23,24). The molecule has 0 aromatic heterocycles. The van der Waals surface area contributed by atoms with Gasteiger partial charge in [-0.25, -0.2) is 5.48 Å². The van der Waals surface area contributed by atoms with E-state index in [9.17, 15) is 9.59 Å². The molecule has 134 valence electrons. The summed E-state index contributed by atoms with van der Waals surface area (Å²) in [4.78, 5) is 23.0. The Balaban J connectivity index is 1.79. The van der Waals surface area contributed by atoms with Crippen LogP contribution in [0, 0.1) is 11.3 Å². The topological polar surface area (TPSA) is 102 Å². The number of benzene rings is 2. The Kier molecular flexibility index (Phi) is 7.34. The highest BCUT2D eigenvalue weighted by atomic mass is 16.5. The lowest BCUT2D eigenvalue weighted by molar-refractivity contribution is -0.129. The van der Waals surface area contributed by atoms with Crippen molar-refractivity contribution in [2.24, 2.45) is 0 Å². The van der Waals surface area contributed by atoms with Gasteiger partial charge in [0.05, 0.1) is 11.6 Å². The number of hydrogen-bond donors (Lipinski definition) is 3. The minimum Gasteiger partial charge on any atom is -0.352 e. The molecule has 2 aromatic rings. The molecule has 6 nitrogen and oxygen atoms in total. The number of unbranched alkanes of at least 4 members (excludes halogenated alkanes) is 2. The average molecular weight is 351 g/mol. The van der Waals surface area contributed by atoms with Crippen LogP contribution in [0.25, 0.3) is 11.1 Å². The van der Waals surface area contributed by atoms with Crippen molar-refractivity contribution in [1.82, 2.24) is 10.8 Å². The molecule has 0 aliphatic heterocycles. The molecule has 0 bridgehead atoms. The number of nitrogens with zero attached hydrogens (tertiary/aromatic N) is 1. The summed E-state index contributed by atoms with van der Waals surface area (Å²) in [7, 11) is 0. The van der Waals surface area contributed by atoms with Crippen molar-refractivity contribution in [3.05, 3.63) is 59.7 Å². The second kappa shape index (κ2) is 9.97. The third kappa shape index (κ3) is 5.72. The molecule has 0 spiro atoms. The molecule has 0 heterocycles. The van der Waals surface area contributed by atoms with Crippen molar-refractivity contribution in [3.63, 3.8) is 0 Å². The maximum atomic E-state index is 12.1. The van der Waals surface area contributed by atoms with Gasteiger partial charge in [-0.05, 0) is 48.2 Å². The van der Waals surface area contributed by atoms with E-state index in [0.29, 0.717) is 24.1 Å². The van der Waals surface area contributed by atoms with Crippen molar-refractivity contribution in [2.75, 3.05) is 6.54 Å². The van der Waals surface area contributed by atoms with Gasteiger partial charge < -0.3 is 5.32 Å².